The second kappa shape index (κ2) is 32.4. The van der Waals surface area contributed by atoms with E-state index in [1.807, 2.05) is 0 Å². The first kappa shape index (κ1) is 54.9. The largest absolute Gasteiger partial charge is 1.00 e. The average Bonchev–Trinajstić information content (AvgIpc) is 2.91. The molecule has 0 aromatic heterocycles. The van der Waals surface area contributed by atoms with Crippen LogP contribution in [0.3, 0.4) is 0 Å². The van der Waals surface area contributed by atoms with Gasteiger partial charge in [-0.15, -0.1) is 0 Å². The lowest BCUT2D eigenvalue weighted by Crippen LogP contribution is -3.00. The van der Waals surface area contributed by atoms with E-state index in [2.05, 4.69) is 116 Å². The zero-order valence-electron chi connectivity index (χ0n) is 24.5. The molecule has 40 heavy (non-hydrogen) atoms. The highest BCUT2D eigenvalue weighted by Crippen LogP contribution is 2.32. The summed E-state index contributed by atoms with van der Waals surface area (Å²) < 4.78 is 11.0. The molecule has 0 radical (unpaired) electrons. The Kier molecular flexibility index (Phi) is 44.4. The third-order valence-corrected chi connectivity index (χ3v) is 7.88. The van der Waals surface area contributed by atoms with Crippen LogP contribution >= 0.6 is 7.60 Å². The first-order valence-electron chi connectivity index (χ1n) is 13.5. The summed E-state index contributed by atoms with van der Waals surface area (Å²) in [6, 6.07) is 21.3. The fourth-order valence-corrected chi connectivity index (χ4v) is 3.38. The van der Waals surface area contributed by atoms with Crippen molar-refractivity contribution in [1.82, 2.24) is 0 Å². The minimum atomic E-state index is -3.65. The number of rotatable bonds is 9. The number of quaternary nitrogens is 1. The maximum absolute atomic E-state index is 9.69. The Balaban J connectivity index is -0.0000000707. The minimum absolute atomic E-state index is 0. The molecule has 2 aromatic rings. The number of hydrogen-bond acceptors (Lipinski definition) is 1. The Morgan fingerprint density at radius 1 is 0.600 bits per heavy atom. The highest BCUT2D eigenvalue weighted by molar-refractivity contribution is 7.51. The van der Waals surface area contributed by atoms with Gasteiger partial charge < -0.3 is 26.7 Å². The monoisotopic (exact) mass is 607 g/mol. The van der Waals surface area contributed by atoms with E-state index < -0.39 is 7.60 Å². The van der Waals surface area contributed by atoms with E-state index in [0.29, 0.717) is 11.8 Å². The Morgan fingerprint density at radius 3 is 0.950 bits per heavy atom. The third-order valence-electron chi connectivity index (χ3n) is 7.06. The topological polar surface area (TPSA) is 57.5 Å². The average molecular weight is 608 g/mol. The van der Waals surface area contributed by atoms with Crippen molar-refractivity contribution < 1.29 is 31.2 Å². The van der Waals surface area contributed by atoms with Crippen molar-refractivity contribution in [3.8, 4) is 0 Å². The molecule has 2 unspecified atom stereocenters. The number of benzene rings is 2. The van der Waals surface area contributed by atoms with Crippen LogP contribution < -0.4 is 12.4 Å². The molecule has 0 aliphatic heterocycles. The van der Waals surface area contributed by atoms with Crippen molar-refractivity contribution in [2.75, 3.05) is 32.3 Å². The molecule has 0 saturated carbocycles. The second-order valence-corrected chi connectivity index (χ2v) is 11.0. The van der Waals surface area contributed by atoms with Gasteiger partial charge in [0.25, 0.3) is 0 Å². The van der Waals surface area contributed by atoms with Gasteiger partial charge in [0, 0.05) is 6.16 Å². The quantitative estimate of drug-likeness (QED) is 0.224. The third kappa shape index (κ3) is 27.0. The lowest BCUT2D eigenvalue weighted by Gasteiger charge is -2.34. The van der Waals surface area contributed by atoms with Crippen LogP contribution in [0.25, 0.3) is 0 Å². The maximum Gasteiger partial charge on any atom is 0.325 e. The molecule has 0 amide bonds. The maximum atomic E-state index is 9.69. The Morgan fingerprint density at radius 2 is 0.825 bits per heavy atom. The molecular weight excluding hydrogens is 537 g/mol. The lowest BCUT2D eigenvalue weighted by molar-refractivity contribution is -0.921. The van der Waals surface area contributed by atoms with Gasteiger partial charge in [0.2, 0.25) is 0 Å². The number of halogens is 1. The fourth-order valence-electron chi connectivity index (χ4n) is 3.38. The Labute approximate surface area is 259 Å². The van der Waals surface area contributed by atoms with Crippen molar-refractivity contribution in [3.63, 3.8) is 0 Å². The standard InChI is InChI=1S/2C10H14.C8H20N.C2H7O3P.4CH4.ClH/c2*1-3-9(2)10-7-5-4-6-8-10;1-5-9(6-2,7-3)8-4;1-2-6(3,4)5;;;;;/h2*4-9H,3H2,1-2H3;5-8H2,1-4H3;2H2,1H3,(H2,3,4,5);4*1H4;1H/q;;+1;;;;;;/p-1. The van der Waals surface area contributed by atoms with Crippen LogP contribution in [-0.2, 0) is 4.57 Å². The molecule has 0 fully saturated rings. The predicted molar refractivity (Wildman–Crippen MR) is 182 cm³/mol. The van der Waals surface area contributed by atoms with E-state index in [0.717, 1.165) is 0 Å². The molecule has 2 rings (SSSR count). The SMILES string of the molecule is C.C.C.C.CCC(C)c1ccccc1.CCC(C)c1ccccc1.CCP(=O)(O)O.CC[N+](CC)(CC)CC.[Cl-]. The summed E-state index contributed by atoms with van der Waals surface area (Å²) in [6.07, 6.45) is 2.39. The Bertz CT molecular complexity index is 702. The fraction of sp³-hybridized carbons (Fsp3) is 0.647. The van der Waals surface area contributed by atoms with Gasteiger partial charge in [0.1, 0.15) is 0 Å². The normalized spacial score (nSPS) is 11.0. The van der Waals surface area contributed by atoms with Gasteiger partial charge in [0.05, 0.1) is 26.2 Å². The van der Waals surface area contributed by atoms with Crippen molar-refractivity contribution in [3.05, 3.63) is 71.8 Å². The van der Waals surface area contributed by atoms with E-state index in [4.69, 9.17) is 9.79 Å². The van der Waals surface area contributed by atoms with Crippen LogP contribution in [0.15, 0.2) is 60.7 Å². The van der Waals surface area contributed by atoms with Crippen LogP contribution in [0.1, 0.15) is 128 Å². The molecule has 0 saturated heterocycles. The van der Waals surface area contributed by atoms with E-state index in [1.165, 1.54) is 61.6 Å². The minimum Gasteiger partial charge on any atom is -1.00 e. The second-order valence-electron chi connectivity index (χ2n) is 9.03. The summed E-state index contributed by atoms with van der Waals surface area (Å²) in [5, 5.41) is 0. The van der Waals surface area contributed by atoms with E-state index in [1.54, 1.807) is 0 Å². The van der Waals surface area contributed by atoms with Gasteiger partial charge in [-0.3, -0.25) is 4.57 Å². The molecule has 4 nitrogen and oxygen atoms in total. The summed E-state index contributed by atoms with van der Waals surface area (Å²) >= 11 is 0. The molecule has 0 bridgehead atoms. The smallest absolute Gasteiger partial charge is 0.325 e. The molecule has 0 aliphatic carbocycles. The summed E-state index contributed by atoms with van der Waals surface area (Å²) in [7, 11) is -3.65. The van der Waals surface area contributed by atoms with Crippen LogP contribution in [-0.4, -0.2) is 46.6 Å². The highest BCUT2D eigenvalue weighted by atomic mass is 35.5. The van der Waals surface area contributed by atoms with Gasteiger partial charge in [-0.05, 0) is 63.5 Å². The van der Waals surface area contributed by atoms with Crippen molar-refractivity contribution in [2.45, 2.75) is 117 Å². The summed E-state index contributed by atoms with van der Waals surface area (Å²) in [5.74, 6) is 1.42. The molecule has 242 valence electrons. The van der Waals surface area contributed by atoms with E-state index in [-0.39, 0.29) is 48.3 Å². The van der Waals surface area contributed by atoms with Crippen LogP contribution in [0.4, 0.5) is 0 Å². The predicted octanol–water partition coefficient (Wildman–Crippen LogP) is 8.02. The van der Waals surface area contributed by atoms with Gasteiger partial charge >= 0.3 is 7.60 Å². The first-order chi connectivity index (χ1) is 16.5. The lowest BCUT2D eigenvalue weighted by atomic mass is 9.99. The molecule has 6 heteroatoms. The zero-order chi connectivity index (χ0) is 27.3. The molecule has 0 spiro atoms. The molecule has 2 atom stereocenters. The molecular formula is C34H71ClNO3P. The Hall–Kier alpha value is -1.16. The van der Waals surface area contributed by atoms with Crippen molar-refractivity contribution >= 4 is 7.60 Å². The molecule has 2 N–H and O–H groups in total. The van der Waals surface area contributed by atoms with Gasteiger partial charge in [-0.2, -0.15) is 0 Å². The van der Waals surface area contributed by atoms with Gasteiger partial charge in [0.15, 0.2) is 0 Å². The summed E-state index contributed by atoms with van der Waals surface area (Å²) in [5.41, 5.74) is 2.90. The molecule has 0 aliphatic rings. The first-order valence-corrected chi connectivity index (χ1v) is 15.3. The molecule has 2 aromatic carbocycles. The number of hydrogen-bond donors (Lipinski definition) is 2. The highest BCUT2D eigenvalue weighted by Gasteiger charge is 2.16. The zero-order valence-corrected chi connectivity index (χ0v) is 26.1. The van der Waals surface area contributed by atoms with Crippen LogP contribution in [0.2, 0.25) is 0 Å². The van der Waals surface area contributed by atoms with E-state index in [9.17, 15) is 4.57 Å². The van der Waals surface area contributed by atoms with Crippen molar-refractivity contribution in [2.24, 2.45) is 0 Å². The van der Waals surface area contributed by atoms with Gasteiger partial charge in [-0.1, -0.05) is 125 Å². The summed E-state index contributed by atoms with van der Waals surface area (Å²) in [4.78, 5) is 15.9. The van der Waals surface area contributed by atoms with Crippen molar-refractivity contribution in [1.29, 1.82) is 0 Å². The van der Waals surface area contributed by atoms with Crippen LogP contribution in [0, 0.1) is 0 Å². The number of nitrogens with zero attached hydrogens (tertiary/aromatic N) is 1. The van der Waals surface area contributed by atoms with Gasteiger partial charge in [-0.25, -0.2) is 0 Å². The summed E-state index contributed by atoms with van der Waals surface area (Å²) in [6.45, 7) is 24.6. The molecule has 0 heterocycles. The van der Waals surface area contributed by atoms with Crippen LogP contribution in [0.5, 0.6) is 0 Å². The van der Waals surface area contributed by atoms with E-state index >= 15 is 0 Å².